The summed E-state index contributed by atoms with van der Waals surface area (Å²) < 4.78 is 29.2. The number of rotatable bonds is 3. The van der Waals surface area contributed by atoms with Gasteiger partial charge in [0.25, 0.3) is 0 Å². The third kappa shape index (κ3) is 3.40. The summed E-state index contributed by atoms with van der Waals surface area (Å²) in [6.07, 6.45) is 3.03. The molecule has 19 heavy (non-hydrogen) atoms. The zero-order chi connectivity index (χ0) is 14.3. The van der Waals surface area contributed by atoms with Gasteiger partial charge in [-0.1, -0.05) is 36.2 Å². The molecule has 0 radical (unpaired) electrons. The molecule has 0 heterocycles. The van der Waals surface area contributed by atoms with Crippen LogP contribution < -0.4 is 4.72 Å². The van der Waals surface area contributed by atoms with Crippen LogP contribution in [0, 0.1) is 5.41 Å². The van der Waals surface area contributed by atoms with Crippen molar-refractivity contribution in [1.29, 1.82) is 0 Å². The van der Waals surface area contributed by atoms with Crippen LogP contribution in [0.15, 0.2) is 32.0 Å². The van der Waals surface area contributed by atoms with Crippen LogP contribution >= 0.6 is 31.9 Å². The molecule has 1 aromatic rings. The third-order valence-corrected chi connectivity index (χ3v) is 6.68. The Bertz CT molecular complexity index is 584. The summed E-state index contributed by atoms with van der Waals surface area (Å²) >= 11 is 6.64. The van der Waals surface area contributed by atoms with E-state index in [1.165, 1.54) is 0 Å². The van der Waals surface area contributed by atoms with Crippen molar-refractivity contribution in [3.05, 3.63) is 27.1 Å². The molecule has 1 aliphatic carbocycles. The van der Waals surface area contributed by atoms with Crippen molar-refractivity contribution in [3.8, 4) is 0 Å². The molecule has 1 fully saturated rings. The molecule has 0 spiro atoms. The fourth-order valence-corrected chi connectivity index (χ4v) is 5.68. The summed E-state index contributed by atoms with van der Waals surface area (Å²) in [7, 11) is -3.48. The van der Waals surface area contributed by atoms with Crippen molar-refractivity contribution >= 4 is 41.9 Å². The molecule has 0 bridgehead atoms. The topological polar surface area (TPSA) is 46.2 Å². The zero-order valence-electron chi connectivity index (χ0n) is 10.9. The second-order valence-corrected chi connectivity index (χ2v) is 9.08. The molecule has 1 N–H and O–H groups in total. The van der Waals surface area contributed by atoms with Crippen molar-refractivity contribution in [2.45, 2.75) is 44.0 Å². The fraction of sp³-hybridized carbons (Fsp3) is 0.538. The van der Waals surface area contributed by atoms with Gasteiger partial charge >= 0.3 is 0 Å². The highest BCUT2D eigenvalue weighted by Gasteiger charge is 2.37. The van der Waals surface area contributed by atoms with E-state index in [0.29, 0.717) is 9.37 Å². The Labute approximate surface area is 131 Å². The number of nitrogens with one attached hydrogen (secondary N) is 1. The molecule has 1 aliphatic rings. The van der Waals surface area contributed by atoms with Crippen molar-refractivity contribution in [1.82, 2.24) is 4.72 Å². The SMILES string of the molecule is CC1(C)CCCC1NS(=O)(=O)c1ccc(Br)cc1Br. The molecule has 6 heteroatoms. The molecular weight excluding hydrogens is 394 g/mol. The molecule has 1 atom stereocenters. The standard InChI is InChI=1S/C13H17Br2NO2S/c1-13(2)7-3-4-12(13)16-19(17,18)11-6-5-9(14)8-10(11)15/h5-6,8,12,16H,3-4,7H2,1-2H3. The lowest BCUT2D eigenvalue weighted by molar-refractivity contribution is 0.313. The molecule has 0 saturated heterocycles. The van der Waals surface area contributed by atoms with Gasteiger partial charge in [0.05, 0.1) is 4.90 Å². The maximum absolute atomic E-state index is 12.5. The van der Waals surface area contributed by atoms with Crippen LogP contribution in [0.5, 0.6) is 0 Å². The molecule has 106 valence electrons. The first kappa shape index (κ1) is 15.5. The minimum absolute atomic E-state index is 0.00745. The van der Waals surface area contributed by atoms with Crippen molar-refractivity contribution in [3.63, 3.8) is 0 Å². The van der Waals surface area contributed by atoms with Gasteiger partial charge in [0.15, 0.2) is 0 Å². The Morgan fingerprint density at radius 3 is 2.53 bits per heavy atom. The Morgan fingerprint density at radius 2 is 2.00 bits per heavy atom. The predicted molar refractivity (Wildman–Crippen MR) is 83.6 cm³/mol. The van der Waals surface area contributed by atoms with Gasteiger partial charge in [0.1, 0.15) is 0 Å². The van der Waals surface area contributed by atoms with E-state index >= 15 is 0 Å². The molecule has 1 aromatic carbocycles. The maximum atomic E-state index is 12.5. The van der Waals surface area contributed by atoms with Crippen LogP contribution in [-0.2, 0) is 10.0 Å². The van der Waals surface area contributed by atoms with E-state index in [1.54, 1.807) is 18.2 Å². The Morgan fingerprint density at radius 1 is 1.32 bits per heavy atom. The minimum atomic E-state index is -3.48. The first-order valence-corrected chi connectivity index (χ1v) is 9.27. The van der Waals surface area contributed by atoms with Gasteiger partial charge < -0.3 is 0 Å². The first-order valence-electron chi connectivity index (χ1n) is 6.20. The highest BCUT2D eigenvalue weighted by atomic mass is 79.9. The Kier molecular flexibility index (Phi) is 4.45. The number of hydrogen-bond donors (Lipinski definition) is 1. The lowest BCUT2D eigenvalue weighted by Gasteiger charge is -2.27. The van der Waals surface area contributed by atoms with Gasteiger partial charge in [-0.05, 0) is 52.4 Å². The quantitative estimate of drug-likeness (QED) is 0.816. The number of sulfonamides is 1. The zero-order valence-corrected chi connectivity index (χ0v) is 14.9. The van der Waals surface area contributed by atoms with Gasteiger partial charge in [-0.3, -0.25) is 0 Å². The van der Waals surface area contributed by atoms with Crippen LogP contribution in [0.2, 0.25) is 0 Å². The largest absolute Gasteiger partial charge is 0.241 e. The van der Waals surface area contributed by atoms with E-state index in [-0.39, 0.29) is 11.5 Å². The second kappa shape index (κ2) is 5.47. The summed E-state index contributed by atoms with van der Waals surface area (Å²) in [6.45, 7) is 4.23. The van der Waals surface area contributed by atoms with Crippen molar-refractivity contribution in [2.75, 3.05) is 0 Å². The molecule has 1 saturated carbocycles. The minimum Gasteiger partial charge on any atom is -0.208 e. The Balaban J connectivity index is 2.28. The van der Waals surface area contributed by atoms with Crippen LogP contribution in [0.1, 0.15) is 33.1 Å². The van der Waals surface area contributed by atoms with Crippen molar-refractivity contribution in [2.24, 2.45) is 5.41 Å². The van der Waals surface area contributed by atoms with Gasteiger partial charge in [0.2, 0.25) is 10.0 Å². The van der Waals surface area contributed by atoms with Crippen LogP contribution in [0.25, 0.3) is 0 Å². The predicted octanol–water partition coefficient (Wildman–Crippen LogP) is 4.07. The smallest absolute Gasteiger partial charge is 0.208 e. The number of benzene rings is 1. The molecule has 2 rings (SSSR count). The van der Waals surface area contributed by atoms with E-state index in [9.17, 15) is 8.42 Å². The lowest BCUT2D eigenvalue weighted by Crippen LogP contribution is -2.41. The van der Waals surface area contributed by atoms with E-state index in [4.69, 9.17) is 0 Å². The van der Waals surface area contributed by atoms with E-state index in [2.05, 4.69) is 50.4 Å². The number of halogens is 2. The summed E-state index contributed by atoms with van der Waals surface area (Å²) in [5.74, 6) is 0. The Hall–Kier alpha value is 0.0900. The van der Waals surface area contributed by atoms with E-state index < -0.39 is 10.0 Å². The van der Waals surface area contributed by atoms with E-state index in [0.717, 1.165) is 23.7 Å². The van der Waals surface area contributed by atoms with E-state index in [1.807, 2.05) is 0 Å². The fourth-order valence-electron chi connectivity index (χ4n) is 2.49. The van der Waals surface area contributed by atoms with Crippen LogP contribution in [0.3, 0.4) is 0 Å². The van der Waals surface area contributed by atoms with Crippen molar-refractivity contribution < 1.29 is 8.42 Å². The average molecular weight is 411 g/mol. The maximum Gasteiger partial charge on any atom is 0.241 e. The summed E-state index contributed by atoms with van der Waals surface area (Å²) in [6, 6.07) is 5.10. The molecule has 0 amide bonds. The van der Waals surface area contributed by atoms with Gasteiger partial charge in [-0.2, -0.15) is 0 Å². The summed E-state index contributed by atoms with van der Waals surface area (Å²) in [4.78, 5) is 0.290. The molecular formula is C13H17Br2NO2S. The molecule has 0 aromatic heterocycles. The second-order valence-electron chi connectivity index (χ2n) is 5.63. The number of hydrogen-bond acceptors (Lipinski definition) is 2. The van der Waals surface area contributed by atoms with Crippen LogP contribution in [0.4, 0.5) is 0 Å². The molecule has 3 nitrogen and oxygen atoms in total. The van der Waals surface area contributed by atoms with Gasteiger partial charge in [-0.25, -0.2) is 13.1 Å². The summed E-state index contributed by atoms with van der Waals surface area (Å²) in [5, 5.41) is 0. The molecule has 1 unspecified atom stereocenters. The lowest BCUT2D eigenvalue weighted by atomic mass is 9.88. The monoisotopic (exact) mass is 409 g/mol. The highest BCUT2D eigenvalue weighted by molar-refractivity contribution is 9.11. The highest BCUT2D eigenvalue weighted by Crippen LogP contribution is 2.38. The van der Waals surface area contributed by atoms with Crippen LogP contribution in [-0.4, -0.2) is 14.5 Å². The van der Waals surface area contributed by atoms with Gasteiger partial charge in [-0.15, -0.1) is 0 Å². The average Bonchev–Trinajstić information content (AvgIpc) is 2.56. The van der Waals surface area contributed by atoms with Gasteiger partial charge in [0, 0.05) is 15.0 Å². The molecule has 0 aliphatic heterocycles. The first-order chi connectivity index (χ1) is 8.72. The summed E-state index contributed by atoms with van der Waals surface area (Å²) in [5.41, 5.74) is 0.0227. The third-order valence-electron chi connectivity index (χ3n) is 3.74. The normalized spacial score (nSPS) is 22.6.